The number of aliphatic hydroxyl groups is 1. The molecule has 1 heterocycles. The van der Waals surface area contributed by atoms with Crippen molar-refractivity contribution in [2.45, 2.75) is 83.1 Å². The predicted octanol–water partition coefficient (Wildman–Crippen LogP) is 0.786. The van der Waals surface area contributed by atoms with E-state index in [1.807, 2.05) is 0 Å². The van der Waals surface area contributed by atoms with E-state index in [4.69, 9.17) is 19.5 Å². The predicted molar refractivity (Wildman–Crippen MR) is 95.8 cm³/mol. The summed E-state index contributed by atoms with van der Waals surface area (Å²) in [5.74, 6) is -5.03. The summed E-state index contributed by atoms with van der Waals surface area (Å²) in [4.78, 5) is 56.7. The minimum Gasteiger partial charge on any atom is -0.481 e. The largest absolute Gasteiger partial charge is 0.481 e. The quantitative estimate of drug-likeness (QED) is 0.379. The summed E-state index contributed by atoms with van der Waals surface area (Å²) in [6, 6.07) is 0. The minimum absolute atomic E-state index is 0.273. The number of carboxylic acid groups (broad SMARTS) is 2. The van der Waals surface area contributed by atoms with Crippen LogP contribution in [0.25, 0.3) is 0 Å². The standard InChI is InChI=1S/C18H29NO10/c1-11(20)28-12-7-16(2,3)19(27-6,17(4,5)8-12)29-14(23)10-18(26,15(24)25)9-13(21)22/h12,26H,7-10H2,1-6H3,(H-,21,22,24,25)/p+1. The van der Waals surface area contributed by atoms with Crippen LogP contribution in [0, 0.1) is 0 Å². The highest BCUT2D eigenvalue weighted by Gasteiger charge is 2.66. The Bertz CT molecular complexity index is 668. The van der Waals surface area contributed by atoms with Crippen LogP contribution in [0.4, 0.5) is 0 Å². The Balaban J connectivity index is 3.20. The van der Waals surface area contributed by atoms with E-state index in [1.165, 1.54) is 14.0 Å². The number of esters is 1. The smallest absolute Gasteiger partial charge is 0.374 e. The Morgan fingerprint density at radius 1 is 1.03 bits per heavy atom. The van der Waals surface area contributed by atoms with Gasteiger partial charge in [0, 0.05) is 24.6 Å². The fraction of sp³-hybridized carbons (Fsp3) is 0.778. The summed E-state index contributed by atoms with van der Waals surface area (Å²) in [5.41, 5.74) is -4.69. The van der Waals surface area contributed by atoms with Crippen molar-refractivity contribution in [3.8, 4) is 0 Å². The fourth-order valence-corrected chi connectivity index (χ4v) is 4.22. The lowest BCUT2D eigenvalue weighted by atomic mass is 9.79. The van der Waals surface area contributed by atoms with E-state index >= 15 is 0 Å². The van der Waals surface area contributed by atoms with E-state index in [0.29, 0.717) is 0 Å². The molecule has 0 aromatic carbocycles. The number of carbonyl (C=O) groups is 4. The Kier molecular flexibility index (Phi) is 7.05. The summed E-state index contributed by atoms with van der Waals surface area (Å²) in [6.07, 6.45) is -2.17. The highest BCUT2D eigenvalue weighted by molar-refractivity contribution is 5.88. The van der Waals surface area contributed by atoms with Gasteiger partial charge in [-0.05, 0) is 27.7 Å². The molecule has 0 aliphatic carbocycles. The zero-order valence-corrected chi connectivity index (χ0v) is 17.6. The molecule has 11 heteroatoms. The Morgan fingerprint density at radius 2 is 1.52 bits per heavy atom. The van der Waals surface area contributed by atoms with Gasteiger partial charge in [-0.25, -0.2) is 14.4 Å². The molecule has 1 aliphatic rings. The molecule has 1 atom stereocenters. The molecule has 1 fully saturated rings. The van der Waals surface area contributed by atoms with Crippen LogP contribution >= 0.6 is 0 Å². The van der Waals surface area contributed by atoms with Crippen LogP contribution in [-0.2, 0) is 33.6 Å². The van der Waals surface area contributed by atoms with Crippen molar-refractivity contribution >= 4 is 23.9 Å². The van der Waals surface area contributed by atoms with Crippen molar-refractivity contribution in [3.63, 3.8) is 0 Å². The van der Waals surface area contributed by atoms with Gasteiger partial charge in [0.25, 0.3) is 0 Å². The number of rotatable bonds is 8. The van der Waals surface area contributed by atoms with Crippen molar-refractivity contribution < 1.29 is 53.7 Å². The first-order valence-electron chi connectivity index (χ1n) is 9.04. The molecule has 1 saturated heterocycles. The molecular weight excluding hydrogens is 390 g/mol. The second kappa shape index (κ2) is 8.25. The summed E-state index contributed by atoms with van der Waals surface area (Å²) in [5, 5.41) is 28.2. The van der Waals surface area contributed by atoms with Crippen LogP contribution in [0.2, 0.25) is 0 Å². The lowest BCUT2D eigenvalue weighted by Crippen LogP contribution is -2.75. The van der Waals surface area contributed by atoms with Crippen LogP contribution < -0.4 is 0 Å². The minimum atomic E-state index is -2.83. The van der Waals surface area contributed by atoms with Gasteiger partial charge in [0.05, 0.1) is 12.8 Å². The van der Waals surface area contributed by atoms with E-state index in [9.17, 15) is 29.4 Å². The molecule has 0 spiro atoms. The molecule has 0 amide bonds. The van der Waals surface area contributed by atoms with Gasteiger partial charge in [-0.2, -0.15) is 4.84 Å². The lowest BCUT2D eigenvalue weighted by Gasteiger charge is -2.55. The van der Waals surface area contributed by atoms with Crippen molar-refractivity contribution in [1.82, 2.24) is 0 Å². The molecule has 0 aromatic rings. The van der Waals surface area contributed by atoms with E-state index in [0.717, 1.165) is 0 Å². The average Bonchev–Trinajstić information content (AvgIpc) is 2.48. The number of carboxylic acids is 2. The lowest BCUT2D eigenvalue weighted by molar-refractivity contribution is -1.29. The van der Waals surface area contributed by atoms with E-state index in [-0.39, 0.29) is 12.8 Å². The van der Waals surface area contributed by atoms with Crippen molar-refractivity contribution in [3.05, 3.63) is 0 Å². The fourth-order valence-electron chi connectivity index (χ4n) is 4.22. The van der Waals surface area contributed by atoms with Gasteiger partial charge in [0.15, 0.2) is 16.7 Å². The van der Waals surface area contributed by atoms with Crippen molar-refractivity contribution in [2.24, 2.45) is 0 Å². The van der Waals surface area contributed by atoms with Crippen LogP contribution in [-0.4, -0.2) is 73.9 Å². The summed E-state index contributed by atoms with van der Waals surface area (Å²) in [6.45, 7) is 8.19. The number of aliphatic carboxylic acids is 2. The third-order valence-electron chi connectivity index (χ3n) is 5.15. The average molecular weight is 420 g/mol. The highest BCUT2D eigenvalue weighted by atomic mass is 17.0. The third kappa shape index (κ3) is 5.03. The number of nitrogens with zero attached hydrogens (tertiary/aromatic N) is 1. The maximum atomic E-state index is 12.6. The Labute approximate surface area is 168 Å². The Morgan fingerprint density at radius 3 is 1.86 bits per heavy atom. The maximum absolute atomic E-state index is 12.6. The zero-order valence-electron chi connectivity index (χ0n) is 17.6. The maximum Gasteiger partial charge on any atom is 0.374 e. The number of hydrogen-bond acceptors (Lipinski definition) is 8. The van der Waals surface area contributed by atoms with Gasteiger partial charge < -0.3 is 20.1 Å². The number of quaternary nitrogens is 1. The molecule has 0 radical (unpaired) electrons. The van der Waals surface area contributed by atoms with Crippen molar-refractivity contribution in [2.75, 3.05) is 7.11 Å². The van der Waals surface area contributed by atoms with Gasteiger partial charge in [0.1, 0.15) is 13.2 Å². The summed E-state index contributed by atoms with van der Waals surface area (Å²) < 4.78 is 5.33. The molecule has 0 bridgehead atoms. The molecule has 0 saturated carbocycles. The molecule has 1 rings (SSSR count). The van der Waals surface area contributed by atoms with Gasteiger partial charge in [-0.3, -0.25) is 9.59 Å². The monoisotopic (exact) mass is 420 g/mol. The summed E-state index contributed by atoms with van der Waals surface area (Å²) in [7, 11) is 1.31. The number of hydroxylamine groups is 4. The molecule has 0 aromatic heterocycles. The van der Waals surface area contributed by atoms with Crippen molar-refractivity contribution in [1.29, 1.82) is 0 Å². The molecule has 11 nitrogen and oxygen atoms in total. The summed E-state index contributed by atoms with van der Waals surface area (Å²) >= 11 is 0. The third-order valence-corrected chi connectivity index (χ3v) is 5.15. The van der Waals surface area contributed by atoms with E-state index in [2.05, 4.69) is 0 Å². The SMILES string of the molecule is CO[N+]1(OC(=O)CC(O)(CC(=O)O)C(=O)O)C(C)(C)CC(OC(C)=O)CC1(C)C. The zero-order chi connectivity index (χ0) is 22.8. The van der Waals surface area contributed by atoms with Crippen LogP contribution in [0.5, 0.6) is 0 Å². The first kappa shape index (κ1) is 24.8. The first-order valence-corrected chi connectivity index (χ1v) is 9.04. The molecule has 3 N–H and O–H groups in total. The van der Waals surface area contributed by atoms with Gasteiger partial charge in [0.2, 0.25) is 0 Å². The number of piperidine rings is 1. The first-order chi connectivity index (χ1) is 13.0. The van der Waals surface area contributed by atoms with Gasteiger partial charge in [-0.15, -0.1) is 0 Å². The molecule has 1 aliphatic heterocycles. The molecule has 29 heavy (non-hydrogen) atoms. The van der Waals surface area contributed by atoms with Gasteiger partial charge in [-0.1, -0.05) is 0 Å². The second-order valence-corrected chi connectivity index (χ2v) is 8.55. The van der Waals surface area contributed by atoms with E-state index in [1.54, 1.807) is 27.7 Å². The molecular formula is C18H30NO10+. The van der Waals surface area contributed by atoms with Gasteiger partial charge >= 0.3 is 23.9 Å². The van der Waals surface area contributed by atoms with E-state index < -0.39 is 64.3 Å². The number of carbonyl (C=O) groups excluding carboxylic acids is 2. The molecule has 166 valence electrons. The Hall–Kier alpha value is -2.24. The number of ether oxygens (including phenoxy) is 1. The van der Waals surface area contributed by atoms with Crippen LogP contribution in [0.15, 0.2) is 0 Å². The highest BCUT2D eigenvalue weighted by Crippen LogP contribution is 2.47. The normalized spacial score (nSPS) is 27.3. The van der Waals surface area contributed by atoms with Crippen LogP contribution in [0.3, 0.4) is 0 Å². The number of hydrogen-bond donors (Lipinski definition) is 3. The van der Waals surface area contributed by atoms with Crippen LogP contribution in [0.1, 0.15) is 60.3 Å². The second-order valence-electron chi connectivity index (χ2n) is 8.55. The topological polar surface area (TPSA) is 157 Å². The molecule has 1 unspecified atom stereocenters.